The lowest BCUT2D eigenvalue weighted by molar-refractivity contribution is -0.131. The van der Waals surface area contributed by atoms with Gasteiger partial charge in [-0.15, -0.1) is 0 Å². The summed E-state index contributed by atoms with van der Waals surface area (Å²) in [6.07, 6.45) is 2.52. The zero-order valence-corrected chi connectivity index (χ0v) is 11.6. The van der Waals surface area contributed by atoms with E-state index in [9.17, 15) is 9.59 Å². The summed E-state index contributed by atoms with van der Waals surface area (Å²) in [4.78, 5) is 26.8. The van der Waals surface area contributed by atoms with E-state index in [1.165, 1.54) is 0 Å². The van der Waals surface area contributed by atoms with Crippen molar-refractivity contribution in [2.75, 3.05) is 26.2 Å². The number of carbonyl (C=O) groups is 2. The van der Waals surface area contributed by atoms with Crippen molar-refractivity contribution in [3.63, 3.8) is 0 Å². The highest BCUT2D eigenvalue weighted by Crippen LogP contribution is 2.14. The summed E-state index contributed by atoms with van der Waals surface area (Å²) < 4.78 is 5.23. The van der Waals surface area contributed by atoms with E-state index in [0.29, 0.717) is 26.2 Å². The SMILES string of the molecule is CCCCOC(=O)N1CCN(C(C)=O)CC1CC. The van der Waals surface area contributed by atoms with Crippen molar-refractivity contribution in [1.82, 2.24) is 9.80 Å². The number of unbranched alkanes of at least 4 members (excludes halogenated alkanes) is 1. The van der Waals surface area contributed by atoms with Crippen LogP contribution in [0.2, 0.25) is 0 Å². The first kappa shape index (κ1) is 14.8. The second kappa shape index (κ2) is 7.24. The Bertz CT molecular complexity index is 294. The van der Waals surface area contributed by atoms with Gasteiger partial charge in [0, 0.05) is 26.6 Å². The number of nitrogens with zero attached hydrogens (tertiary/aromatic N) is 2. The largest absolute Gasteiger partial charge is 0.449 e. The summed E-state index contributed by atoms with van der Waals surface area (Å²) in [6.45, 7) is 7.95. The van der Waals surface area contributed by atoms with Crippen LogP contribution in [0, 0.1) is 0 Å². The van der Waals surface area contributed by atoms with Crippen LogP contribution >= 0.6 is 0 Å². The fourth-order valence-electron chi connectivity index (χ4n) is 2.12. The van der Waals surface area contributed by atoms with Gasteiger partial charge < -0.3 is 14.5 Å². The Morgan fingerprint density at radius 3 is 2.56 bits per heavy atom. The third-order valence-electron chi connectivity index (χ3n) is 3.36. The molecule has 0 aromatic rings. The van der Waals surface area contributed by atoms with E-state index in [2.05, 4.69) is 6.92 Å². The van der Waals surface area contributed by atoms with E-state index in [-0.39, 0.29) is 18.0 Å². The number of piperazine rings is 1. The molecule has 104 valence electrons. The molecule has 0 aliphatic carbocycles. The number of amides is 2. The molecule has 5 heteroatoms. The van der Waals surface area contributed by atoms with Crippen LogP contribution in [0.15, 0.2) is 0 Å². The van der Waals surface area contributed by atoms with E-state index in [0.717, 1.165) is 19.3 Å². The topological polar surface area (TPSA) is 49.9 Å². The lowest BCUT2D eigenvalue weighted by atomic mass is 10.1. The summed E-state index contributed by atoms with van der Waals surface area (Å²) >= 11 is 0. The molecule has 0 saturated carbocycles. The minimum Gasteiger partial charge on any atom is -0.449 e. The van der Waals surface area contributed by atoms with Gasteiger partial charge in [-0.2, -0.15) is 0 Å². The van der Waals surface area contributed by atoms with Gasteiger partial charge in [0.25, 0.3) is 0 Å². The molecule has 0 radical (unpaired) electrons. The Labute approximate surface area is 109 Å². The smallest absolute Gasteiger partial charge is 0.410 e. The molecule has 0 aromatic heterocycles. The molecule has 0 N–H and O–H groups in total. The monoisotopic (exact) mass is 256 g/mol. The van der Waals surface area contributed by atoms with Gasteiger partial charge in [-0.05, 0) is 12.8 Å². The summed E-state index contributed by atoms with van der Waals surface area (Å²) in [5.41, 5.74) is 0. The quantitative estimate of drug-likeness (QED) is 0.721. The third-order valence-corrected chi connectivity index (χ3v) is 3.36. The molecular weight excluding hydrogens is 232 g/mol. The van der Waals surface area contributed by atoms with Gasteiger partial charge in [-0.25, -0.2) is 4.79 Å². The van der Waals surface area contributed by atoms with E-state index in [4.69, 9.17) is 4.74 Å². The van der Waals surface area contributed by atoms with Crippen molar-refractivity contribution < 1.29 is 14.3 Å². The van der Waals surface area contributed by atoms with Crippen LogP contribution in [0.5, 0.6) is 0 Å². The maximum absolute atomic E-state index is 11.9. The van der Waals surface area contributed by atoms with E-state index >= 15 is 0 Å². The van der Waals surface area contributed by atoms with Gasteiger partial charge in [-0.1, -0.05) is 20.3 Å². The van der Waals surface area contributed by atoms with Crippen LogP contribution in [0.25, 0.3) is 0 Å². The van der Waals surface area contributed by atoms with Gasteiger partial charge >= 0.3 is 6.09 Å². The number of hydrogen-bond acceptors (Lipinski definition) is 3. The zero-order valence-electron chi connectivity index (χ0n) is 11.6. The molecule has 1 fully saturated rings. The van der Waals surface area contributed by atoms with Crippen molar-refractivity contribution in [3.05, 3.63) is 0 Å². The number of ether oxygens (including phenoxy) is 1. The number of rotatable bonds is 4. The summed E-state index contributed by atoms with van der Waals surface area (Å²) in [5.74, 6) is 0.0763. The maximum atomic E-state index is 11.9. The first-order valence-corrected chi connectivity index (χ1v) is 6.79. The Morgan fingerprint density at radius 2 is 2.00 bits per heavy atom. The average molecular weight is 256 g/mol. The summed E-state index contributed by atoms with van der Waals surface area (Å²) in [5, 5.41) is 0. The fraction of sp³-hybridized carbons (Fsp3) is 0.846. The minimum absolute atomic E-state index is 0.0763. The molecular formula is C13H24N2O3. The molecule has 2 amide bonds. The van der Waals surface area contributed by atoms with Crippen molar-refractivity contribution in [2.45, 2.75) is 46.1 Å². The Morgan fingerprint density at radius 1 is 1.28 bits per heavy atom. The Hall–Kier alpha value is -1.26. The van der Waals surface area contributed by atoms with Gasteiger partial charge in [0.05, 0.1) is 12.6 Å². The highest BCUT2D eigenvalue weighted by atomic mass is 16.6. The first-order valence-electron chi connectivity index (χ1n) is 6.79. The minimum atomic E-state index is -0.237. The highest BCUT2D eigenvalue weighted by Gasteiger charge is 2.31. The molecule has 18 heavy (non-hydrogen) atoms. The van der Waals surface area contributed by atoms with Crippen LogP contribution in [0.4, 0.5) is 4.79 Å². The van der Waals surface area contributed by atoms with Gasteiger partial charge in [0.2, 0.25) is 5.91 Å². The van der Waals surface area contributed by atoms with E-state index in [1.54, 1.807) is 16.7 Å². The normalized spacial score (nSPS) is 19.8. The second-order valence-corrected chi connectivity index (χ2v) is 4.69. The summed E-state index contributed by atoms with van der Waals surface area (Å²) in [6, 6.07) is 0.0803. The molecule has 1 atom stereocenters. The highest BCUT2D eigenvalue weighted by molar-refractivity contribution is 5.74. The van der Waals surface area contributed by atoms with E-state index in [1.807, 2.05) is 6.92 Å². The van der Waals surface area contributed by atoms with Gasteiger partial charge in [0.15, 0.2) is 0 Å². The van der Waals surface area contributed by atoms with Gasteiger partial charge in [0.1, 0.15) is 0 Å². The number of carbonyl (C=O) groups excluding carboxylic acids is 2. The van der Waals surface area contributed by atoms with Crippen molar-refractivity contribution >= 4 is 12.0 Å². The Kier molecular flexibility index (Phi) is 5.95. The Balaban J connectivity index is 2.50. The lowest BCUT2D eigenvalue weighted by Crippen LogP contribution is -2.56. The number of hydrogen-bond donors (Lipinski definition) is 0. The van der Waals surface area contributed by atoms with Crippen LogP contribution in [0.1, 0.15) is 40.0 Å². The van der Waals surface area contributed by atoms with Crippen molar-refractivity contribution in [1.29, 1.82) is 0 Å². The molecule has 1 saturated heterocycles. The molecule has 1 rings (SSSR count). The van der Waals surface area contributed by atoms with Crippen molar-refractivity contribution in [3.8, 4) is 0 Å². The molecule has 0 bridgehead atoms. The summed E-state index contributed by atoms with van der Waals surface area (Å²) in [7, 11) is 0. The van der Waals surface area contributed by atoms with Crippen LogP contribution in [-0.2, 0) is 9.53 Å². The van der Waals surface area contributed by atoms with Crippen LogP contribution in [-0.4, -0.2) is 54.1 Å². The van der Waals surface area contributed by atoms with Gasteiger partial charge in [-0.3, -0.25) is 4.79 Å². The molecule has 1 heterocycles. The van der Waals surface area contributed by atoms with Crippen LogP contribution in [0.3, 0.4) is 0 Å². The van der Waals surface area contributed by atoms with E-state index < -0.39 is 0 Å². The molecule has 1 unspecified atom stereocenters. The molecule has 5 nitrogen and oxygen atoms in total. The fourth-order valence-corrected chi connectivity index (χ4v) is 2.12. The molecule has 1 aliphatic heterocycles. The lowest BCUT2D eigenvalue weighted by Gasteiger charge is -2.40. The molecule has 0 spiro atoms. The zero-order chi connectivity index (χ0) is 13.5. The second-order valence-electron chi connectivity index (χ2n) is 4.69. The molecule has 1 aliphatic rings. The third kappa shape index (κ3) is 3.89. The van der Waals surface area contributed by atoms with Crippen molar-refractivity contribution in [2.24, 2.45) is 0 Å². The first-order chi connectivity index (χ1) is 8.60. The van der Waals surface area contributed by atoms with Crippen LogP contribution < -0.4 is 0 Å². The maximum Gasteiger partial charge on any atom is 0.410 e. The standard InChI is InChI=1S/C13H24N2O3/c1-4-6-9-18-13(17)15-8-7-14(11(3)16)10-12(15)5-2/h12H,4-10H2,1-3H3. The predicted octanol–water partition coefficient (Wildman–Crippen LogP) is 1.87. The average Bonchev–Trinajstić information content (AvgIpc) is 2.38. The molecule has 0 aromatic carbocycles. The predicted molar refractivity (Wildman–Crippen MR) is 69.3 cm³/mol.